The Bertz CT molecular complexity index is 716. The lowest BCUT2D eigenvalue weighted by Crippen LogP contribution is -2.47. The molecule has 1 aromatic rings. The van der Waals surface area contributed by atoms with Crippen LogP contribution < -0.4 is 15.5 Å². The first-order valence-corrected chi connectivity index (χ1v) is 8.79. The summed E-state index contributed by atoms with van der Waals surface area (Å²) < 4.78 is 14.5. The van der Waals surface area contributed by atoms with Crippen molar-refractivity contribution in [1.82, 2.24) is 5.32 Å². The van der Waals surface area contributed by atoms with Crippen LogP contribution in [0.3, 0.4) is 0 Å². The number of nitrogens with zero attached hydrogens (tertiary/aromatic N) is 1. The molecule has 0 aliphatic carbocycles. The minimum absolute atomic E-state index is 0.139. The summed E-state index contributed by atoms with van der Waals surface area (Å²) in [5, 5.41) is 14.1. The van der Waals surface area contributed by atoms with Crippen molar-refractivity contribution in [3.63, 3.8) is 0 Å². The third kappa shape index (κ3) is 4.30. The van der Waals surface area contributed by atoms with Gasteiger partial charge in [0, 0.05) is 31.6 Å². The molecule has 0 radical (unpaired) electrons. The summed E-state index contributed by atoms with van der Waals surface area (Å²) in [6.07, 6.45) is 2.25. The topological polar surface area (TPSA) is 98.7 Å². The van der Waals surface area contributed by atoms with Crippen LogP contribution in [0.15, 0.2) is 18.2 Å². The number of hydrogen-bond donors (Lipinski definition) is 3. The minimum Gasteiger partial charge on any atom is -0.481 e. The van der Waals surface area contributed by atoms with Crippen LogP contribution in [0.1, 0.15) is 32.1 Å². The van der Waals surface area contributed by atoms with E-state index in [1.165, 1.54) is 6.07 Å². The van der Waals surface area contributed by atoms with E-state index in [1.807, 2.05) is 4.90 Å². The number of anilines is 2. The average molecular weight is 363 g/mol. The number of amides is 2. The predicted octanol–water partition coefficient (Wildman–Crippen LogP) is 1.73. The fraction of sp³-hybridized carbons (Fsp3) is 0.500. The van der Waals surface area contributed by atoms with E-state index in [4.69, 9.17) is 5.11 Å². The SMILES string of the molecule is O=C(O)CC1CCN(c2ccc(NC3CCC(=O)NC3=O)cc2F)CC1. The van der Waals surface area contributed by atoms with Crippen LogP contribution in [0.2, 0.25) is 0 Å². The molecule has 1 atom stereocenters. The Morgan fingerprint density at radius 1 is 1.27 bits per heavy atom. The van der Waals surface area contributed by atoms with Crippen LogP contribution in [0.25, 0.3) is 0 Å². The van der Waals surface area contributed by atoms with Crippen LogP contribution in [0.4, 0.5) is 15.8 Å². The largest absolute Gasteiger partial charge is 0.481 e. The highest BCUT2D eigenvalue weighted by Crippen LogP contribution is 2.29. The quantitative estimate of drug-likeness (QED) is 0.689. The second-order valence-electron chi connectivity index (χ2n) is 6.84. The number of carboxylic acids is 1. The molecule has 2 aliphatic heterocycles. The van der Waals surface area contributed by atoms with Crippen molar-refractivity contribution >= 4 is 29.2 Å². The Balaban J connectivity index is 1.60. The van der Waals surface area contributed by atoms with Gasteiger partial charge in [0.25, 0.3) is 0 Å². The number of piperidine rings is 2. The molecule has 3 rings (SSSR count). The number of hydrogen-bond acceptors (Lipinski definition) is 5. The lowest BCUT2D eigenvalue weighted by atomic mass is 9.93. The number of benzene rings is 1. The van der Waals surface area contributed by atoms with Crippen LogP contribution in [0, 0.1) is 11.7 Å². The summed E-state index contributed by atoms with van der Waals surface area (Å²) >= 11 is 0. The number of aliphatic carboxylic acids is 1. The highest BCUT2D eigenvalue weighted by atomic mass is 19.1. The lowest BCUT2D eigenvalue weighted by Gasteiger charge is -2.33. The van der Waals surface area contributed by atoms with Gasteiger partial charge in [0.2, 0.25) is 11.8 Å². The maximum Gasteiger partial charge on any atom is 0.303 e. The van der Waals surface area contributed by atoms with E-state index >= 15 is 0 Å². The summed E-state index contributed by atoms with van der Waals surface area (Å²) in [6.45, 7) is 1.24. The molecule has 0 spiro atoms. The van der Waals surface area contributed by atoms with Crippen molar-refractivity contribution in [1.29, 1.82) is 0 Å². The third-order valence-electron chi connectivity index (χ3n) is 4.95. The van der Waals surface area contributed by atoms with Crippen molar-refractivity contribution in [2.24, 2.45) is 5.92 Å². The van der Waals surface area contributed by atoms with Gasteiger partial charge in [0.1, 0.15) is 11.9 Å². The third-order valence-corrected chi connectivity index (χ3v) is 4.95. The lowest BCUT2D eigenvalue weighted by molar-refractivity contribution is -0.138. The van der Waals surface area contributed by atoms with Gasteiger partial charge in [-0.05, 0) is 43.4 Å². The maximum atomic E-state index is 14.5. The van der Waals surface area contributed by atoms with Gasteiger partial charge in [-0.3, -0.25) is 19.7 Å². The van der Waals surface area contributed by atoms with E-state index in [0.717, 1.165) is 12.8 Å². The Kier molecular flexibility index (Phi) is 5.39. The number of nitrogens with one attached hydrogen (secondary N) is 2. The van der Waals surface area contributed by atoms with E-state index in [2.05, 4.69) is 10.6 Å². The molecule has 1 aromatic carbocycles. The van der Waals surface area contributed by atoms with Gasteiger partial charge in [-0.1, -0.05) is 0 Å². The predicted molar refractivity (Wildman–Crippen MR) is 93.4 cm³/mol. The second-order valence-corrected chi connectivity index (χ2v) is 6.84. The molecule has 3 N–H and O–H groups in total. The van der Waals surface area contributed by atoms with Gasteiger partial charge in [-0.25, -0.2) is 4.39 Å². The normalized spacial score (nSPS) is 21.4. The first-order valence-electron chi connectivity index (χ1n) is 8.79. The molecule has 0 bridgehead atoms. The number of carbonyl (C=O) groups is 3. The highest BCUT2D eigenvalue weighted by molar-refractivity contribution is 6.01. The summed E-state index contributed by atoms with van der Waals surface area (Å²) in [4.78, 5) is 35.7. The van der Waals surface area contributed by atoms with Gasteiger partial charge in [-0.15, -0.1) is 0 Å². The Morgan fingerprint density at radius 3 is 2.62 bits per heavy atom. The molecule has 1 unspecified atom stereocenters. The molecule has 2 aliphatic rings. The van der Waals surface area contributed by atoms with Crippen molar-refractivity contribution in [2.45, 2.75) is 38.1 Å². The average Bonchev–Trinajstić information content (AvgIpc) is 2.58. The molecule has 2 heterocycles. The number of carbonyl (C=O) groups excluding carboxylic acids is 2. The smallest absolute Gasteiger partial charge is 0.303 e. The van der Waals surface area contributed by atoms with E-state index in [0.29, 0.717) is 30.9 Å². The Morgan fingerprint density at radius 2 is 2.00 bits per heavy atom. The van der Waals surface area contributed by atoms with Crippen LogP contribution in [0.5, 0.6) is 0 Å². The number of carboxylic acid groups (broad SMARTS) is 1. The Hall–Kier alpha value is -2.64. The summed E-state index contributed by atoms with van der Waals surface area (Å²) in [5.41, 5.74) is 0.967. The highest BCUT2D eigenvalue weighted by Gasteiger charge is 2.27. The van der Waals surface area contributed by atoms with Crippen LogP contribution >= 0.6 is 0 Å². The van der Waals surface area contributed by atoms with Crippen molar-refractivity contribution in [2.75, 3.05) is 23.3 Å². The zero-order valence-electron chi connectivity index (χ0n) is 14.3. The van der Waals surface area contributed by atoms with Gasteiger partial charge in [-0.2, -0.15) is 0 Å². The molecule has 2 saturated heterocycles. The molecule has 0 aromatic heterocycles. The fourth-order valence-electron chi connectivity index (χ4n) is 3.51. The minimum atomic E-state index is -0.793. The first-order chi connectivity index (χ1) is 12.4. The fourth-order valence-corrected chi connectivity index (χ4v) is 3.51. The number of halogens is 1. The first kappa shape index (κ1) is 18.2. The molecule has 7 nitrogen and oxygen atoms in total. The van der Waals surface area contributed by atoms with E-state index in [9.17, 15) is 18.8 Å². The molecule has 2 amide bonds. The molecular formula is C18H22FN3O4. The van der Waals surface area contributed by atoms with E-state index in [-0.39, 0.29) is 30.5 Å². The van der Waals surface area contributed by atoms with Crippen molar-refractivity contribution in [3.05, 3.63) is 24.0 Å². The van der Waals surface area contributed by atoms with Crippen molar-refractivity contribution < 1.29 is 23.9 Å². The monoisotopic (exact) mass is 363 g/mol. The molecule has 140 valence electrons. The van der Waals surface area contributed by atoms with Gasteiger partial charge >= 0.3 is 5.97 Å². The maximum absolute atomic E-state index is 14.5. The molecular weight excluding hydrogens is 341 g/mol. The summed E-state index contributed by atoms with van der Waals surface area (Å²) in [6, 6.07) is 4.18. The second kappa shape index (κ2) is 7.72. The number of rotatable bonds is 5. The zero-order chi connectivity index (χ0) is 18.7. The molecule has 2 fully saturated rings. The van der Waals surface area contributed by atoms with Crippen molar-refractivity contribution in [3.8, 4) is 0 Å². The Labute approximate surface area is 150 Å². The van der Waals surface area contributed by atoms with Crippen LogP contribution in [-0.2, 0) is 14.4 Å². The van der Waals surface area contributed by atoms with E-state index in [1.54, 1.807) is 12.1 Å². The standard InChI is InChI=1S/C18H22FN3O4/c19-13-10-12(20-14-2-4-16(23)21-18(14)26)1-3-15(13)22-7-5-11(6-8-22)9-17(24)25/h1,3,10-11,14,20H,2,4-9H2,(H,24,25)(H,21,23,26). The van der Waals surface area contributed by atoms with Gasteiger partial charge in [0.05, 0.1) is 5.69 Å². The molecule has 8 heteroatoms. The summed E-state index contributed by atoms with van der Waals surface area (Å²) in [5.74, 6) is -1.73. The van der Waals surface area contributed by atoms with Crippen LogP contribution in [-0.4, -0.2) is 42.0 Å². The van der Waals surface area contributed by atoms with Gasteiger partial charge in [0.15, 0.2) is 0 Å². The van der Waals surface area contributed by atoms with E-state index < -0.39 is 17.9 Å². The number of imide groups is 1. The van der Waals surface area contributed by atoms with Gasteiger partial charge < -0.3 is 15.3 Å². The molecule has 26 heavy (non-hydrogen) atoms. The summed E-state index contributed by atoms with van der Waals surface area (Å²) in [7, 11) is 0. The zero-order valence-corrected chi connectivity index (χ0v) is 14.3. The molecule has 0 saturated carbocycles.